The Kier molecular flexibility index (Phi) is 7.01. The van der Waals surface area contributed by atoms with Gasteiger partial charge in [0.25, 0.3) is 10.0 Å². The first kappa shape index (κ1) is 26.0. The molecule has 2 N–H and O–H groups in total. The Bertz CT molecular complexity index is 1730. The summed E-state index contributed by atoms with van der Waals surface area (Å²) < 4.78 is 75.3. The molecule has 2 heterocycles. The number of aryl methyl sites for hydroxylation is 1. The maximum atomic E-state index is 13.6. The Morgan fingerprint density at radius 3 is 2.24 bits per heavy atom. The molecule has 13 heteroatoms. The number of hydrogen-bond acceptors (Lipinski definition) is 8. The van der Waals surface area contributed by atoms with Gasteiger partial charge in [-0.2, -0.15) is 4.31 Å². The number of nitrogens with zero attached hydrogens (tertiary/aromatic N) is 3. The Labute approximate surface area is 219 Å². The van der Waals surface area contributed by atoms with Crippen molar-refractivity contribution in [3.63, 3.8) is 0 Å². The van der Waals surface area contributed by atoms with E-state index >= 15 is 0 Å². The molecule has 4 aromatic rings. The Morgan fingerprint density at radius 1 is 0.868 bits per heavy atom. The van der Waals surface area contributed by atoms with Crippen molar-refractivity contribution < 1.29 is 26.0 Å². The molecule has 38 heavy (non-hydrogen) atoms. The lowest BCUT2D eigenvalue weighted by Crippen LogP contribution is -2.40. The van der Waals surface area contributed by atoms with Crippen molar-refractivity contribution in [1.82, 2.24) is 14.3 Å². The van der Waals surface area contributed by atoms with E-state index in [4.69, 9.17) is 4.74 Å². The number of aromatic nitrogens is 2. The summed E-state index contributed by atoms with van der Waals surface area (Å²) in [6.45, 7) is 2.64. The van der Waals surface area contributed by atoms with Gasteiger partial charge < -0.3 is 10.1 Å². The minimum Gasteiger partial charge on any atom is -0.379 e. The van der Waals surface area contributed by atoms with Crippen LogP contribution in [0.1, 0.15) is 5.56 Å². The number of anilines is 3. The molecule has 0 radical (unpaired) electrons. The molecule has 0 atom stereocenters. The Hall–Kier alpha value is -3.65. The number of para-hydroxylation sites is 2. The first-order valence-corrected chi connectivity index (χ1v) is 14.6. The lowest BCUT2D eigenvalue weighted by Gasteiger charge is -2.26. The quantitative estimate of drug-likeness (QED) is 0.352. The topological polar surface area (TPSA) is 131 Å². The van der Waals surface area contributed by atoms with Gasteiger partial charge in [-0.05, 0) is 61.0 Å². The van der Waals surface area contributed by atoms with Crippen LogP contribution in [0.4, 0.5) is 21.7 Å². The summed E-state index contributed by atoms with van der Waals surface area (Å²) in [5.74, 6) is -0.594. The lowest BCUT2D eigenvalue weighted by molar-refractivity contribution is 0.0730. The van der Waals surface area contributed by atoms with Gasteiger partial charge in [0.15, 0.2) is 11.6 Å². The van der Waals surface area contributed by atoms with Crippen molar-refractivity contribution in [2.75, 3.05) is 36.3 Å². The summed E-state index contributed by atoms with van der Waals surface area (Å²) in [6.07, 6.45) is 0. The molecule has 10 nitrogen and oxygen atoms in total. The molecule has 1 aromatic heterocycles. The van der Waals surface area contributed by atoms with E-state index in [1.165, 1.54) is 29.4 Å². The van der Waals surface area contributed by atoms with E-state index in [1.807, 2.05) is 0 Å². The molecular formula is C25H24FN5O5S2. The standard InChI is InChI=1S/C25H24FN5O5S2/c1-17-15-18(26)9-10-23(17)37(32,33)30-25-24(28-21-7-2-3-8-22(21)29-25)27-19-5-4-6-20(16-19)38(34,35)31-11-13-36-14-12-31/h2-10,15-16H,11-14H2,1H3,(H,27,28)(H,29,30). The Balaban J connectivity index is 1.52. The highest BCUT2D eigenvalue weighted by Crippen LogP contribution is 2.29. The summed E-state index contributed by atoms with van der Waals surface area (Å²) in [5, 5.41) is 3.01. The highest BCUT2D eigenvalue weighted by Gasteiger charge is 2.27. The predicted octanol–water partition coefficient (Wildman–Crippen LogP) is 3.64. The second kappa shape index (κ2) is 10.3. The van der Waals surface area contributed by atoms with E-state index in [1.54, 1.807) is 36.4 Å². The number of benzene rings is 3. The molecule has 0 amide bonds. The van der Waals surface area contributed by atoms with Crippen LogP contribution in [0, 0.1) is 12.7 Å². The van der Waals surface area contributed by atoms with Crippen LogP contribution in [0.2, 0.25) is 0 Å². The molecule has 0 aliphatic carbocycles. The molecule has 0 saturated carbocycles. The minimum atomic E-state index is -4.16. The Morgan fingerprint density at radius 2 is 1.55 bits per heavy atom. The molecule has 3 aromatic carbocycles. The van der Waals surface area contributed by atoms with Gasteiger partial charge in [-0.1, -0.05) is 18.2 Å². The highest BCUT2D eigenvalue weighted by atomic mass is 32.2. The van der Waals surface area contributed by atoms with E-state index in [9.17, 15) is 21.2 Å². The predicted molar refractivity (Wildman–Crippen MR) is 141 cm³/mol. The van der Waals surface area contributed by atoms with E-state index in [2.05, 4.69) is 20.0 Å². The SMILES string of the molecule is Cc1cc(F)ccc1S(=O)(=O)Nc1nc2ccccc2nc1Nc1cccc(S(=O)(=O)N2CCOCC2)c1. The second-order valence-corrected chi connectivity index (χ2v) is 12.2. The largest absolute Gasteiger partial charge is 0.379 e. The molecular weight excluding hydrogens is 533 g/mol. The van der Waals surface area contributed by atoms with Crippen LogP contribution in [0.25, 0.3) is 11.0 Å². The fourth-order valence-corrected chi connectivity index (χ4v) is 6.75. The minimum absolute atomic E-state index is 0.0629. The third kappa shape index (κ3) is 5.31. The first-order valence-electron chi connectivity index (χ1n) is 11.6. The number of fused-ring (bicyclic) bond motifs is 1. The van der Waals surface area contributed by atoms with Crippen LogP contribution in [0.15, 0.2) is 76.5 Å². The van der Waals surface area contributed by atoms with Crippen LogP contribution in [0.3, 0.4) is 0 Å². The van der Waals surface area contributed by atoms with Gasteiger partial charge in [-0.25, -0.2) is 31.2 Å². The van der Waals surface area contributed by atoms with Gasteiger partial charge in [-0.3, -0.25) is 4.72 Å². The number of rotatable bonds is 7. The van der Waals surface area contributed by atoms with Crippen molar-refractivity contribution in [2.24, 2.45) is 0 Å². The first-order chi connectivity index (χ1) is 18.1. The molecule has 1 fully saturated rings. The monoisotopic (exact) mass is 557 g/mol. The zero-order chi connectivity index (χ0) is 26.9. The van der Waals surface area contributed by atoms with Gasteiger partial charge in [0, 0.05) is 18.8 Å². The van der Waals surface area contributed by atoms with Crippen molar-refractivity contribution in [2.45, 2.75) is 16.7 Å². The summed E-state index contributed by atoms with van der Waals surface area (Å²) in [5.41, 5.74) is 1.52. The molecule has 1 aliphatic heterocycles. The summed E-state index contributed by atoms with van der Waals surface area (Å²) in [6, 6.07) is 16.4. The second-order valence-electron chi connectivity index (χ2n) is 8.59. The number of ether oxygens (including phenoxy) is 1. The summed E-state index contributed by atoms with van der Waals surface area (Å²) in [7, 11) is -7.92. The highest BCUT2D eigenvalue weighted by molar-refractivity contribution is 7.92. The average Bonchev–Trinajstić information content (AvgIpc) is 2.89. The molecule has 0 unspecified atom stereocenters. The van der Waals surface area contributed by atoms with Gasteiger partial charge in [0.2, 0.25) is 10.0 Å². The van der Waals surface area contributed by atoms with Crippen molar-refractivity contribution in [3.05, 3.63) is 78.1 Å². The van der Waals surface area contributed by atoms with Crippen LogP contribution >= 0.6 is 0 Å². The van der Waals surface area contributed by atoms with Crippen LogP contribution in [-0.2, 0) is 24.8 Å². The fourth-order valence-electron chi connectivity index (χ4n) is 4.06. The third-order valence-electron chi connectivity index (χ3n) is 5.93. The summed E-state index contributed by atoms with van der Waals surface area (Å²) in [4.78, 5) is 8.93. The number of halogens is 1. The maximum absolute atomic E-state index is 13.6. The van der Waals surface area contributed by atoms with Gasteiger partial charge in [-0.15, -0.1) is 0 Å². The van der Waals surface area contributed by atoms with E-state index in [0.717, 1.165) is 12.1 Å². The average molecular weight is 558 g/mol. The van der Waals surface area contributed by atoms with E-state index in [0.29, 0.717) is 29.9 Å². The van der Waals surface area contributed by atoms with Crippen molar-refractivity contribution in [1.29, 1.82) is 0 Å². The molecule has 0 bridgehead atoms. The summed E-state index contributed by atoms with van der Waals surface area (Å²) >= 11 is 0. The molecule has 1 saturated heterocycles. The zero-order valence-electron chi connectivity index (χ0n) is 20.3. The van der Waals surface area contributed by atoms with Crippen LogP contribution < -0.4 is 10.0 Å². The number of morpholine rings is 1. The molecule has 198 valence electrons. The van der Waals surface area contributed by atoms with Gasteiger partial charge in [0.05, 0.1) is 34.0 Å². The normalized spacial score (nSPS) is 14.9. The maximum Gasteiger partial charge on any atom is 0.263 e. The van der Waals surface area contributed by atoms with E-state index < -0.39 is 25.9 Å². The van der Waals surface area contributed by atoms with Crippen molar-refractivity contribution >= 4 is 48.4 Å². The van der Waals surface area contributed by atoms with Crippen LogP contribution in [0.5, 0.6) is 0 Å². The number of sulfonamides is 2. The van der Waals surface area contributed by atoms with E-state index in [-0.39, 0.29) is 40.1 Å². The molecule has 1 aliphatic rings. The smallest absolute Gasteiger partial charge is 0.263 e. The zero-order valence-corrected chi connectivity index (χ0v) is 21.9. The fraction of sp³-hybridized carbons (Fsp3) is 0.200. The third-order valence-corrected chi connectivity index (χ3v) is 9.33. The van der Waals surface area contributed by atoms with Crippen LogP contribution in [-0.4, -0.2) is 57.4 Å². The number of hydrogen-bond donors (Lipinski definition) is 2. The molecule has 5 rings (SSSR count). The molecule has 0 spiro atoms. The number of nitrogens with one attached hydrogen (secondary N) is 2. The van der Waals surface area contributed by atoms with Gasteiger partial charge >= 0.3 is 0 Å². The van der Waals surface area contributed by atoms with Crippen molar-refractivity contribution in [3.8, 4) is 0 Å². The lowest BCUT2D eigenvalue weighted by atomic mass is 10.2. The van der Waals surface area contributed by atoms with Gasteiger partial charge in [0.1, 0.15) is 5.82 Å².